The first-order valence-electron chi connectivity index (χ1n) is 10.2. The molecule has 8 heteroatoms. The van der Waals surface area contributed by atoms with E-state index in [-0.39, 0.29) is 6.04 Å². The Balaban J connectivity index is 1.43. The van der Waals surface area contributed by atoms with Crippen molar-refractivity contribution in [2.45, 2.75) is 18.9 Å². The Morgan fingerprint density at radius 1 is 1.00 bits per heavy atom. The van der Waals surface area contributed by atoms with Crippen LogP contribution in [0.2, 0.25) is 0 Å². The number of imidazole rings is 1. The van der Waals surface area contributed by atoms with Gasteiger partial charge in [0.15, 0.2) is 5.65 Å². The Bertz CT molecular complexity index is 1420. The Hall–Kier alpha value is -3.81. The van der Waals surface area contributed by atoms with Crippen LogP contribution in [0.25, 0.3) is 27.8 Å². The molecule has 2 aromatic carbocycles. The number of nitrogens with zero attached hydrogens (tertiary/aromatic N) is 5. The number of fused-ring (bicyclic) bond motifs is 2. The molecule has 1 aliphatic heterocycles. The van der Waals surface area contributed by atoms with E-state index >= 15 is 0 Å². The maximum absolute atomic E-state index is 14.5. The average molecular weight is 416 g/mol. The molecule has 4 heterocycles. The number of rotatable bonds is 3. The molecule has 0 spiro atoms. The van der Waals surface area contributed by atoms with Crippen LogP contribution >= 0.6 is 0 Å². The summed E-state index contributed by atoms with van der Waals surface area (Å²) in [5.74, 6) is -0.117. The van der Waals surface area contributed by atoms with E-state index in [0.29, 0.717) is 11.4 Å². The number of hydrogen-bond acceptors (Lipinski definition) is 4. The Morgan fingerprint density at radius 2 is 1.94 bits per heavy atom. The maximum Gasteiger partial charge on any atom is 0.154 e. The van der Waals surface area contributed by atoms with Gasteiger partial charge in [-0.2, -0.15) is 5.10 Å². The van der Waals surface area contributed by atoms with Crippen LogP contribution in [-0.2, 0) is 0 Å². The van der Waals surface area contributed by atoms with Crippen LogP contribution in [0.5, 0.6) is 0 Å². The van der Waals surface area contributed by atoms with Gasteiger partial charge in [0.1, 0.15) is 17.5 Å². The van der Waals surface area contributed by atoms with E-state index in [0.717, 1.165) is 53.3 Å². The van der Waals surface area contributed by atoms with Crippen LogP contribution in [0, 0.1) is 11.6 Å². The molecule has 1 aliphatic rings. The second-order valence-electron chi connectivity index (χ2n) is 7.79. The highest BCUT2D eigenvalue weighted by molar-refractivity contribution is 5.83. The molecule has 5 aromatic rings. The van der Waals surface area contributed by atoms with E-state index < -0.39 is 11.6 Å². The summed E-state index contributed by atoms with van der Waals surface area (Å²) >= 11 is 0. The van der Waals surface area contributed by atoms with Crippen molar-refractivity contribution in [2.75, 3.05) is 11.4 Å². The first-order valence-corrected chi connectivity index (χ1v) is 10.2. The second kappa shape index (κ2) is 6.87. The largest absolute Gasteiger partial charge is 0.348 e. The Labute approximate surface area is 176 Å². The molecule has 1 saturated heterocycles. The van der Waals surface area contributed by atoms with Crippen LogP contribution in [0.15, 0.2) is 60.9 Å². The molecule has 31 heavy (non-hydrogen) atoms. The average Bonchev–Trinajstić information content (AvgIpc) is 3.53. The zero-order valence-electron chi connectivity index (χ0n) is 16.5. The number of aromatic nitrogens is 5. The van der Waals surface area contributed by atoms with Gasteiger partial charge in [-0.1, -0.05) is 12.1 Å². The monoisotopic (exact) mass is 416 g/mol. The molecule has 6 rings (SSSR count). The highest BCUT2D eigenvalue weighted by Crippen LogP contribution is 2.37. The minimum atomic E-state index is -0.433. The topological polar surface area (TPSA) is 62.1 Å². The number of nitrogens with one attached hydrogen (secondary N) is 1. The minimum Gasteiger partial charge on any atom is -0.348 e. The highest BCUT2D eigenvalue weighted by atomic mass is 19.1. The fraction of sp³-hybridized carbons (Fsp3) is 0.174. The van der Waals surface area contributed by atoms with E-state index in [1.807, 2.05) is 35.2 Å². The van der Waals surface area contributed by atoms with E-state index in [9.17, 15) is 8.78 Å². The van der Waals surface area contributed by atoms with E-state index in [1.165, 1.54) is 12.1 Å². The molecule has 6 nitrogen and oxygen atoms in total. The van der Waals surface area contributed by atoms with Gasteiger partial charge in [-0.15, -0.1) is 5.10 Å². The van der Waals surface area contributed by atoms with E-state index in [1.54, 1.807) is 16.9 Å². The number of hydrogen-bond donors (Lipinski definition) is 1. The molecule has 1 unspecified atom stereocenters. The van der Waals surface area contributed by atoms with Gasteiger partial charge in [0.2, 0.25) is 0 Å². The number of H-pyrrole nitrogens is 1. The summed E-state index contributed by atoms with van der Waals surface area (Å²) in [6.07, 6.45) is 5.20. The molecular formula is C23H18F2N6. The van der Waals surface area contributed by atoms with Crippen molar-refractivity contribution in [1.29, 1.82) is 0 Å². The fourth-order valence-electron chi connectivity index (χ4n) is 4.44. The lowest BCUT2D eigenvalue weighted by Crippen LogP contribution is -2.25. The standard InChI is InChI=1S/C23H18F2N6/c24-16-5-6-18(25)17(11-16)20-2-1-9-30(20)23-8-7-22-26-13-21(31(22)29-23)14-3-4-15-12-27-28-19(15)10-14/h3-8,10-13,20H,1-2,9H2,(H,27,28). The van der Waals surface area contributed by atoms with Crippen LogP contribution in [0.1, 0.15) is 24.4 Å². The Kier molecular flexibility index (Phi) is 3.99. The molecule has 1 fully saturated rings. The molecule has 0 bridgehead atoms. The Morgan fingerprint density at radius 3 is 2.87 bits per heavy atom. The first kappa shape index (κ1) is 18.0. The van der Waals surface area contributed by atoms with Crippen LogP contribution in [-0.4, -0.2) is 31.3 Å². The molecule has 3 aromatic heterocycles. The summed E-state index contributed by atoms with van der Waals surface area (Å²) < 4.78 is 30.1. The van der Waals surface area contributed by atoms with Gasteiger partial charge in [-0.3, -0.25) is 5.10 Å². The molecule has 1 atom stereocenters. The van der Waals surface area contributed by atoms with Crippen molar-refractivity contribution >= 4 is 22.4 Å². The molecule has 154 valence electrons. The lowest BCUT2D eigenvalue weighted by atomic mass is 10.0. The predicted octanol–water partition coefficient (Wildman–Crippen LogP) is 4.89. The van der Waals surface area contributed by atoms with Crippen molar-refractivity contribution in [3.05, 3.63) is 78.1 Å². The van der Waals surface area contributed by atoms with Crippen LogP contribution in [0.4, 0.5) is 14.6 Å². The molecule has 0 amide bonds. The molecule has 1 N–H and O–H groups in total. The summed E-state index contributed by atoms with van der Waals surface area (Å²) in [5, 5.41) is 12.9. The van der Waals surface area contributed by atoms with Crippen molar-refractivity contribution < 1.29 is 8.78 Å². The number of aromatic amines is 1. The second-order valence-corrected chi connectivity index (χ2v) is 7.79. The normalized spacial score (nSPS) is 16.6. The van der Waals surface area contributed by atoms with Crippen molar-refractivity contribution in [3.8, 4) is 11.3 Å². The molecular weight excluding hydrogens is 398 g/mol. The summed E-state index contributed by atoms with van der Waals surface area (Å²) in [7, 11) is 0. The number of halogens is 2. The quantitative estimate of drug-likeness (QED) is 0.455. The first-order chi connectivity index (χ1) is 15.2. The SMILES string of the molecule is Fc1ccc(F)c(C2CCCN2c2ccc3ncc(-c4ccc5cn[nH]c5c4)n3n2)c1. The highest BCUT2D eigenvalue weighted by Gasteiger charge is 2.30. The van der Waals surface area contributed by atoms with Gasteiger partial charge in [-0.25, -0.2) is 18.3 Å². The summed E-state index contributed by atoms with van der Waals surface area (Å²) in [4.78, 5) is 6.52. The maximum atomic E-state index is 14.5. The third-order valence-corrected chi connectivity index (χ3v) is 5.95. The van der Waals surface area contributed by atoms with Crippen molar-refractivity contribution in [3.63, 3.8) is 0 Å². The lowest BCUT2D eigenvalue weighted by molar-refractivity contribution is 0.559. The zero-order valence-corrected chi connectivity index (χ0v) is 16.5. The van der Waals surface area contributed by atoms with E-state index in [2.05, 4.69) is 15.2 Å². The molecule has 0 saturated carbocycles. The summed E-state index contributed by atoms with van der Waals surface area (Å²) in [5.41, 5.74) is 3.83. The lowest BCUT2D eigenvalue weighted by Gasteiger charge is -2.26. The zero-order chi connectivity index (χ0) is 20.9. The third-order valence-electron chi connectivity index (χ3n) is 5.95. The smallest absolute Gasteiger partial charge is 0.154 e. The van der Waals surface area contributed by atoms with Crippen LogP contribution in [0.3, 0.4) is 0 Å². The van der Waals surface area contributed by atoms with Gasteiger partial charge in [0.25, 0.3) is 0 Å². The van der Waals surface area contributed by atoms with Crippen LogP contribution < -0.4 is 4.90 Å². The fourth-order valence-corrected chi connectivity index (χ4v) is 4.44. The number of benzene rings is 2. The van der Waals surface area contributed by atoms with Gasteiger partial charge in [0, 0.05) is 23.1 Å². The number of anilines is 1. The van der Waals surface area contributed by atoms with E-state index in [4.69, 9.17) is 5.10 Å². The third kappa shape index (κ3) is 2.94. The van der Waals surface area contributed by atoms with Gasteiger partial charge in [0.05, 0.1) is 29.6 Å². The van der Waals surface area contributed by atoms with Crippen molar-refractivity contribution in [1.82, 2.24) is 24.8 Å². The van der Waals surface area contributed by atoms with Gasteiger partial charge >= 0.3 is 0 Å². The predicted molar refractivity (Wildman–Crippen MR) is 114 cm³/mol. The molecule has 0 radical (unpaired) electrons. The summed E-state index contributed by atoms with van der Waals surface area (Å²) in [6, 6.07) is 13.2. The van der Waals surface area contributed by atoms with Gasteiger partial charge < -0.3 is 4.90 Å². The summed E-state index contributed by atoms with van der Waals surface area (Å²) in [6.45, 7) is 0.725. The minimum absolute atomic E-state index is 0.256. The van der Waals surface area contributed by atoms with Crippen molar-refractivity contribution in [2.24, 2.45) is 0 Å². The molecule has 0 aliphatic carbocycles. The van der Waals surface area contributed by atoms with Gasteiger partial charge in [-0.05, 0) is 49.2 Å².